The van der Waals surface area contributed by atoms with E-state index in [0.717, 1.165) is 25.7 Å². The molecule has 0 aromatic rings. The van der Waals surface area contributed by atoms with Gasteiger partial charge in [-0.1, -0.05) is 32.6 Å². The van der Waals surface area contributed by atoms with E-state index in [1.54, 1.807) is 0 Å². The smallest absolute Gasteiger partial charge is 0.303 e. The molecule has 5 heteroatoms. The van der Waals surface area contributed by atoms with Crippen molar-refractivity contribution in [3.8, 4) is 0 Å². The summed E-state index contributed by atoms with van der Waals surface area (Å²) < 4.78 is 0. The van der Waals surface area contributed by atoms with Gasteiger partial charge in [0.25, 0.3) is 0 Å². The molecule has 0 heterocycles. The molecule has 1 aliphatic rings. The largest absolute Gasteiger partial charge is 0.481 e. The normalized spacial score (nSPS) is 19.9. The zero-order valence-corrected chi connectivity index (χ0v) is 12.5. The van der Waals surface area contributed by atoms with Crippen molar-refractivity contribution in [2.45, 2.75) is 58.3 Å². The maximum Gasteiger partial charge on any atom is 0.303 e. The summed E-state index contributed by atoms with van der Waals surface area (Å²) in [5.41, 5.74) is 5.48. The van der Waals surface area contributed by atoms with Crippen molar-refractivity contribution in [1.82, 2.24) is 5.32 Å². The van der Waals surface area contributed by atoms with Crippen LogP contribution in [0, 0.1) is 11.3 Å². The zero-order chi connectivity index (χ0) is 15.0. The first-order valence-electron chi connectivity index (χ1n) is 7.70. The SMILES string of the molecule is CC(CCC(=O)O)CNC(=O)C1(CN)CCCCCC1. The number of nitrogens with two attached hydrogens (primary N) is 1. The Morgan fingerprint density at radius 3 is 2.35 bits per heavy atom. The predicted octanol–water partition coefficient (Wildman–Crippen LogP) is 1.90. The number of carbonyl (C=O) groups excluding carboxylic acids is 1. The van der Waals surface area contributed by atoms with E-state index in [1.165, 1.54) is 12.8 Å². The van der Waals surface area contributed by atoms with Crippen molar-refractivity contribution in [1.29, 1.82) is 0 Å². The highest BCUT2D eigenvalue weighted by atomic mass is 16.4. The van der Waals surface area contributed by atoms with Crippen LogP contribution in [0.4, 0.5) is 0 Å². The summed E-state index contributed by atoms with van der Waals surface area (Å²) in [7, 11) is 0. The molecule has 1 aliphatic carbocycles. The topological polar surface area (TPSA) is 92.4 Å². The highest BCUT2D eigenvalue weighted by Gasteiger charge is 2.37. The molecule has 0 aromatic heterocycles. The van der Waals surface area contributed by atoms with E-state index >= 15 is 0 Å². The number of carboxylic acids is 1. The Kier molecular flexibility index (Phi) is 6.99. The minimum atomic E-state index is -0.787. The third-order valence-electron chi connectivity index (χ3n) is 4.40. The molecule has 116 valence electrons. The van der Waals surface area contributed by atoms with Gasteiger partial charge in [0.2, 0.25) is 5.91 Å². The number of hydrogen-bond acceptors (Lipinski definition) is 3. The first-order valence-corrected chi connectivity index (χ1v) is 7.70. The fourth-order valence-electron chi connectivity index (χ4n) is 2.86. The molecule has 0 radical (unpaired) electrons. The summed E-state index contributed by atoms with van der Waals surface area (Å²) in [6.07, 6.45) is 6.99. The van der Waals surface area contributed by atoms with Gasteiger partial charge in [-0.3, -0.25) is 9.59 Å². The fourth-order valence-corrected chi connectivity index (χ4v) is 2.86. The highest BCUT2D eigenvalue weighted by molar-refractivity contribution is 5.82. The molecule has 0 bridgehead atoms. The Morgan fingerprint density at radius 2 is 1.85 bits per heavy atom. The first-order chi connectivity index (χ1) is 9.50. The molecule has 0 saturated heterocycles. The van der Waals surface area contributed by atoms with Crippen LogP contribution in [0.5, 0.6) is 0 Å². The van der Waals surface area contributed by atoms with Gasteiger partial charge in [-0.05, 0) is 25.2 Å². The van der Waals surface area contributed by atoms with Crippen LogP contribution < -0.4 is 11.1 Å². The van der Waals surface area contributed by atoms with Crippen molar-refractivity contribution >= 4 is 11.9 Å². The van der Waals surface area contributed by atoms with Crippen molar-refractivity contribution in [2.75, 3.05) is 13.1 Å². The quantitative estimate of drug-likeness (QED) is 0.623. The lowest BCUT2D eigenvalue weighted by Gasteiger charge is -2.30. The van der Waals surface area contributed by atoms with Crippen LogP contribution in [0.3, 0.4) is 0 Å². The van der Waals surface area contributed by atoms with Gasteiger partial charge in [-0.2, -0.15) is 0 Å². The second kappa shape index (κ2) is 8.25. The zero-order valence-electron chi connectivity index (χ0n) is 12.5. The second-order valence-corrected chi connectivity index (χ2v) is 6.15. The van der Waals surface area contributed by atoms with E-state index in [1.807, 2.05) is 6.92 Å². The van der Waals surface area contributed by atoms with E-state index < -0.39 is 11.4 Å². The van der Waals surface area contributed by atoms with E-state index in [9.17, 15) is 9.59 Å². The van der Waals surface area contributed by atoms with Gasteiger partial charge in [0, 0.05) is 19.5 Å². The van der Waals surface area contributed by atoms with E-state index in [-0.39, 0.29) is 18.2 Å². The summed E-state index contributed by atoms with van der Waals surface area (Å²) in [6.45, 7) is 2.90. The molecule has 1 amide bonds. The molecule has 4 N–H and O–H groups in total. The minimum Gasteiger partial charge on any atom is -0.481 e. The molecule has 0 spiro atoms. The predicted molar refractivity (Wildman–Crippen MR) is 78.2 cm³/mol. The lowest BCUT2D eigenvalue weighted by atomic mass is 9.79. The van der Waals surface area contributed by atoms with Gasteiger partial charge in [-0.25, -0.2) is 0 Å². The molecule has 0 aromatic carbocycles. The summed E-state index contributed by atoms with van der Waals surface area (Å²) in [6, 6.07) is 0. The van der Waals surface area contributed by atoms with Crippen molar-refractivity contribution < 1.29 is 14.7 Å². The molecular weight excluding hydrogens is 256 g/mol. The summed E-state index contributed by atoms with van der Waals surface area (Å²) >= 11 is 0. The number of carbonyl (C=O) groups is 2. The Labute approximate surface area is 121 Å². The van der Waals surface area contributed by atoms with E-state index in [0.29, 0.717) is 19.5 Å². The second-order valence-electron chi connectivity index (χ2n) is 6.15. The maximum absolute atomic E-state index is 12.4. The average Bonchev–Trinajstić information content (AvgIpc) is 2.68. The summed E-state index contributed by atoms with van der Waals surface area (Å²) in [4.78, 5) is 23.0. The number of carboxylic acid groups (broad SMARTS) is 1. The van der Waals surface area contributed by atoms with Crippen LogP contribution in [0.25, 0.3) is 0 Å². The van der Waals surface area contributed by atoms with Crippen molar-refractivity contribution in [3.05, 3.63) is 0 Å². The third-order valence-corrected chi connectivity index (χ3v) is 4.40. The van der Waals surface area contributed by atoms with Gasteiger partial charge in [0.1, 0.15) is 0 Å². The van der Waals surface area contributed by atoms with E-state index in [4.69, 9.17) is 10.8 Å². The van der Waals surface area contributed by atoms with Crippen LogP contribution in [0.1, 0.15) is 58.3 Å². The molecule has 1 rings (SSSR count). The summed E-state index contributed by atoms with van der Waals surface area (Å²) in [5, 5.41) is 11.6. The van der Waals surface area contributed by atoms with Gasteiger partial charge >= 0.3 is 5.97 Å². The molecule has 0 aliphatic heterocycles. The van der Waals surface area contributed by atoms with Gasteiger partial charge < -0.3 is 16.2 Å². The molecule has 1 unspecified atom stereocenters. The molecule has 5 nitrogen and oxygen atoms in total. The van der Waals surface area contributed by atoms with Crippen LogP contribution in [0.15, 0.2) is 0 Å². The van der Waals surface area contributed by atoms with Gasteiger partial charge in [0.05, 0.1) is 5.41 Å². The standard InChI is InChI=1S/C15H28N2O3/c1-12(6-7-13(18)19)10-17-14(20)15(11-16)8-4-2-3-5-9-15/h12H,2-11,16H2,1H3,(H,17,20)(H,18,19). The Bertz CT molecular complexity index is 323. The lowest BCUT2D eigenvalue weighted by molar-refractivity contribution is -0.137. The third kappa shape index (κ3) is 5.12. The fraction of sp³-hybridized carbons (Fsp3) is 0.867. The minimum absolute atomic E-state index is 0.0593. The molecule has 1 saturated carbocycles. The molecule has 1 atom stereocenters. The van der Waals surface area contributed by atoms with Crippen molar-refractivity contribution in [3.63, 3.8) is 0 Å². The number of rotatable bonds is 7. The molecular formula is C15H28N2O3. The number of aliphatic carboxylic acids is 1. The van der Waals surface area contributed by atoms with Gasteiger partial charge in [0.15, 0.2) is 0 Å². The Balaban J connectivity index is 2.44. The monoisotopic (exact) mass is 284 g/mol. The summed E-state index contributed by atoms with van der Waals surface area (Å²) in [5.74, 6) is -0.551. The average molecular weight is 284 g/mol. The Hall–Kier alpha value is -1.10. The first kappa shape index (κ1) is 17.0. The molecule has 1 fully saturated rings. The highest BCUT2D eigenvalue weighted by Crippen LogP contribution is 2.34. The lowest BCUT2D eigenvalue weighted by Crippen LogP contribution is -2.46. The Morgan fingerprint density at radius 1 is 1.25 bits per heavy atom. The maximum atomic E-state index is 12.4. The van der Waals surface area contributed by atoms with Crippen molar-refractivity contribution in [2.24, 2.45) is 17.1 Å². The van der Waals surface area contributed by atoms with E-state index in [2.05, 4.69) is 5.32 Å². The van der Waals surface area contributed by atoms with Crippen LogP contribution in [-0.4, -0.2) is 30.1 Å². The van der Waals surface area contributed by atoms with Crippen LogP contribution in [-0.2, 0) is 9.59 Å². The van der Waals surface area contributed by atoms with Crippen LogP contribution >= 0.6 is 0 Å². The molecule has 20 heavy (non-hydrogen) atoms. The number of hydrogen-bond donors (Lipinski definition) is 3. The van der Waals surface area contributed by atoms with Crippen LogP contribution in [0.2, 0.25) is 0 Å². The number of amides is 1. The number of nitrogens with one attached hydrogen (secondary N) is 1. The van der Waals surface area contributed by atoms with Gasteiger partial charge in [-0.15, -0.1) is 0 Å².